The largest absolute Gasteiger partial charge is 0.508 e. The number of anilines is 4. The number of nitrogens with zero attached hydrogens (tertiary/aromatic N) is 4. The van der Waals surface area contributed by atoms with Crippen LogP contribution in [0.25, 0.3) is 43.1 Å². The van der Waals surface area contributed by atoms with Crippen LogP contribution in [-0.2, 0) is 25.7 Å². The fourth-order valence-corrected chi connectivity index (χ4v) is 17.5. The zero-order valence-corrected chi connectivity index (χ0v) is 68.3. The van der Waals surface area contributed by atoms with Gasteiger partial charge in [0.05, 0.1) is 93.7 Å². The van der Waals surface area contributed by atoms with E-state index < -0.39 is 47.3 Å². The molecule has 0 saturated heterocycles. The van der Waals surface area contributed by atoms with Crippen LogP contribution in [0, 0.1) is 0 Å². The molecule has 0 radical (unpaired) electrons. The fourth-order valence-electron chi connectivity index (χ4n) is 17.5. The minimum absolute atomic E-state index is 0.0705. The third kappa shape index (κ3) is 15.2. The number of ether oxygens (including phenoxy) is 4. The van der Waals surface area contributed by atoms with Crippen molar-refractivity contribution in [3.05, 3.63) is 235 Å². The molecule has 28 heteroatoms. The van der Waals surface area contributed by atoms with Crippen LogP contribution in [0.3, 0.4) is 0 Å². The van der Waals surface area contributed by atoms with E-state index in [2.05, 4.69) is 21.7 Å². The predicted molar refractivity (Wildman–Crippen MR) is 463 cm³/mol. The molecule has 28 nitrogen and oxygen atoms in total. The quantitative estimate of drug-likeness (QED) is 0.0160. The number of rotatable bonds is 28. The Morgan fingerprint density at radius 1 is 0.234 bits per heavy atom. The zero-order valence-electron chi connectivity index (χ0n) is 68.3. The summed E-state index contributed by atoms with van der Waals surface area (Å²) in [6.07, 6.45) is 7.50. The molecule has 0 saturated carbocycles. The van der Waals surface area contributed by atoms with Crippen LogP contribution in [0.5, 0.6) is 69.0 Å². The van der Waals surface area contributed by atoms with Crippen molar-refractivity contribution in [3.63, 3.8) is 0 Å². The first-order valence-corrected chi connectivity index (χ1v) is 41.6. The average molecular weight is 1670 g/mol. The molecule has 0 fully saturated rings. The number of carbonyl (C=O) groups excluding carboxylic acids is 8. The number of hydrogen-bond donors (Lipinski definition) is 12. The highest BCUT2D eigenvalue weighted by molar-refractivity contribution is 6.30. The Balaban J connectivity index is 0.931. The van der Waals surface area contributed by atoms with Crippen LogP contribution in [0.4, 0.5) is 22.7 Å². The van der Waals surface area contributed by atoms with Gasteiger partial charge in [-0.05, 0) is 193 Å². The molecule has 8 bridgehead atoms. The van der Waals surface area contributed by atoms with E-state index in [1.807, 2.05) is 27.7 Å². The number of nitrogens with one attached hydrogen (secondary N) is 4. The molecule has 12 aromatic rings. The number of unbranched alkanes of at least 4 members (excludes halogenated alkanes) is 8. The number of benzene rings is 12. The van der Waals surface area contributed by atoms with Crippen molar-refractivity contribution in [2.75, 3.05) is 48.1 Å². The van der Waals surface area contributed by atoms with Crippen LogP contribution < -0.4 is 40.7 Å². The second-order valence-corrected chi connectivity index (χ2v) is 32.0. The van der Waals surface area contributed by atoms with Gasteiger partial charge < -0.3 is 59.8 Å². The molecule has 4 heterocycles. The topological polar surface area (TPSA) is 396 Å². The summed E-state index contributed by atoms with van der Waals surface area (Å²) in [6.45, 7) is 8.67. The number of imide groups is 4. The first-order valence-electron chi connectivity index (χ1n) is 41.6. The minimum Gasteiger partial charge on any atom is -0.508 e. The summed E-state index contributed by atoms with van der Waals surface area (Å²) < 4.78 is 28.8. The number of phenols is 8. The second-order valence-electron chi connectivity index (χ2n) is 32.0. The maximum atomic E-state index is 15.3. The maximum Gasteiger partial charge on any atom is 0.280 e. The molecule has 0 spiro atoms. The summed E-state index contributed by atoms with van der Waals surface area (Å²) in [6, 6.07) is 34.0. The van der Waals surface area contributed by atoms with Gasteiger partial charge in [-0.15, -0.1) is 0 Å². The van der Waals surface area contributed by atoms with Crippen molar-refractivity contribution in [2.45, 2.75) is 130 Å². The summed E-state index contributed by atoms with van der Waals surface area (Å²) in [4.78, 5) is 122. The van der Waals surface area contributed by atoms with E-state index in [9.17, 15) is 40.9 Å². The molecular weight excluding hydrogens is 1590 g/mol. The van der Waals surface area contributed by atoms with Gasteiger partial charge >= 0.3 is 0 Å². The maximum absolute atomic E-state index is 15.3. The number of phenolic OH excluding ortho intramolecular Hbond substituents is 8. The Morgan fingerprint density at radius 2 is 0.387 bits per heavy atom. The van der Waals surface area contributed by atoms with Gasteiger partial charge in [-0.25, -0.2) is 0 Å². The minimum atomic E-state index is -0.871. The molecule has 5 aliphatic rings. The number of amides is 8. The Morgan fingerprint density at radius 3 is 0.532 bits per heavy atom. The van der Waals surface area contributed by atoms with Crippen molar-refractivity contribution in [3.8, 4) is 69.0 Å². The Labute approximate surface area is 709 Å². The zero-order chi connectivity index (χ0) is 86.8. The lowest BCUT2D eigenvalue weighted by molar-refractivity contribution is 0.0633. The van der Waals surface area contributed by atoms with Crippen LogP contribution >= 0.6 is 0 Å². The van der Waals surface area contributed by atoms with E-state index in [1.165, 1.54) is 97.1 Å². The number of carbonyl (C=O) groups is 8. The molecule has 1 aliphatic carbocycles. The third-order valence-corrected chi connectivity index (χ3v) is 23.0. The Hall–Kier alpha value is -15.0. The van der Waals surface area contributed by atoms with Gasteiger partial charge in [0.25, 0.3) is 47.3 Å². The molecule has 0 unspecified atom stereocenters. The fraction of sp³-hybridized carbons (Fsp3) is 0.250. The highest BCUT2D eigenvalue weighted by atomic mass is 16.5. The number of hydrogen-bond acceptors (Lipinski definition) is 24. The van der Waals surface area contributed by atoms with E-state index >= 15 is 38.4 Å². The lowest BCUT2D eigenvalue weighted by atomic mass is 9.90. The molecular formula is C96H88N8O20. The van der Waals surface area contributed by atoms with Crippen LogP contribution in [0.1, 0.15) is 232 Å². The summed E-state index contributed by atoms with van der Waals surface area (Å²) in [7, 11) is 0. The summed E-state index contributed by atoms with van der Waals surface area (Å²) in [5, 5.41) is 93.9. The Kier molecular flexibility index (Phi) is 21.8. The number of aromatic hydroxyl groups is 8. The van der Waals surface area contributed by atoms with Crippen molar-refractivity contribution in [1.29, 1.82) is 0 Å². The Bertz CT molecular complexity index is 5460. The van der Waals surface area contributed by atoms with E-state index in [0.717, 1.165) is 71.4 Å². The normalized spacial score (nSPS) is 14.0. The summed E-state index contributed by atoms with van der Waals surface area (Å²) >= 11 is 0. The number of fused-ring (bicyclic) bond motifs is 8. The van der Waals surface area contributed by atoms with Crippen molar-refractivity contribution in [2.24, 2.45) is 0 Å². The second kappa shape index (κ2) is 33.2. The molecule has 124 heavy (non-hydrogen) atoms. The lowest BCUT2D eigenvalue weighted by Gasteiger charge is -2.30. The molecule has 12 N–H and O–H groups in total. The van der Waals surface area contributed by atoms with Gasteiger partial charge in [0.15, 0.2) is 0 Å². The highest BCUT2D eigenvalue weighted by Gasteiger charge is 2.41. The predicted octanol–water partition coefficient (Wildman–Crippen LogP) is 17.4. The summed E-state index contributed by atoms with van der Waals surface area (Å²) in [5.41, 5.74) is 15.5. The van der Waals surface area contributed by atoms with Gasteiger partial charge in [-0.2, -0.15) is 20.0 Å². The third-order valence-electron chi connectivity index (χ3n) is 23.0. The van der Waals surface area contributed by atoms with Crippen LogP contribution in [0.15, 0.2) is 146 Å². The lowest BCUT2D eigenvalue weighted by Crippen LogP contribution is -2.44. The first-order chi connectivity index (χ1) is 59.8. The monoisotopic (exact) mass is 1670 g/mol. The summed E-state index contributed by atoms with van der Waals surface area (Å²) in [5.74, 6) is -8.43. The van der Waals surface area contributed by atoms with Crippen molar-refractivity contribution in [1.82, 2.24) is 20.0 Å². The SMILES string of the molecule is CCCCCOc1c2cc(NN3C(=O)c4cc(O)cc5cc(O)cc(c45)C3=O)cc1Cc1cc(NN3C(=O)c4cc(O)cc5cc(O)cc(c45)C3=O)cc(c1OCCCCC)Cc1cc(NN3C(=O)c4cc(O)cc5cc(O)cc(c45)C3=O)cc(c1OCCCCC)Cc1cc(NN3C(=O)c4cc(O)cc5cc(O)cc(c45)C3=O)cc(c1OCCCCC)C2. The molecule has 12 aromatic carbocycles. The van der Waals surface area contributed by atoms with E-state index in [4.69, 9.17) is 18.9 Å². The van der Waals surface area contributed by atoms with E-state index in [-0.39, 0.29) is 231 Å². The molecule has 4 aliphatic heterocycles. The average Bonchev–Trinajstić information content (AvgIpc) is 0.747. The standard InChI is InChI=1S/C96H88N8O20/c1-5-9-13-17-121-85-53-21-55-27-62(98-102-91(115)75-43-67(107)35-50-36-68(108)44-76(82(50)75)92(102)116)29-57(86(55)122-18-14-10-6-2)23-59-31-64(100-104-95(119)79-47-71(111)39-52-40-72(112)48-80(84(52)79)96(104)120)32-60(88(59)124-20-16-12-8-4)24-58-30-63(99-103-93(117)77-45-69(109)37-51-38-70(110)46-78(83(51)77)94(103)118)28-56(87(58)123-19-15-11-7-3)22-54(85)26-61(25-53)97-101-89(113)73-41-65(105)33-49-34-66(106)42-74(81(49)73)90(101)114/h25-48,97-100,105-112H,5-24H2,1-4H3. The van der Waals surface area contributed by atoms with E-state index in [0.29, 0.717) is 70.2 Å². The van der Waals surface area contributed by atoms with E-state index in [1.54, 1.807) is 48.5 Å². The molecule has 17 rings (SSSR count). The molecule has 632 valence electrons. The van der Waals surface area contributed by atoms with Gasteiger partial charge in [-0.3, -0.25) is 60.1 Å². The van der Waals surface area contributed by atoms with Crippen LogP contribution in [0.2, 0.25) is 0 Å². The van der Waals surface area contributed by atoms with Crippen LogP contribution in [-0.4, -0.2) is 135 Å². The number of hydrazine groups is 4. The van der Waals surface area contributed by atoms with Gasteiger partial charge in [0.1, 0.15) is 69.0 Å². The van der Waals surface area contributed by atoms with Crippen molar-refractivity contribution < 1.29 is 98.2 Å². The van der Waals surface area contributed by atoms with Gasteiger partial charge in [0, 0.05) is 91.7 Å². The van der Waals surface area contributed by atoms with Crippen molar-refractivity contribution >= 4 is 113 Å². The molecule has 0 atom stereocenters. The smallest absolute Gasteiger partial charge is 0.280 e. The van der Waals surface area contributed by atoms with Gasteiger partial charge in [0.2, 0.25) is 0 Å². The van der Waals surface area contributed by atoms with Gasteiger partial charge in [-0.1, -0.05) is 79.1 Å². The highest BCUT2D eigenvalue weighted by Crippen LogP contribution is 2.48. The molecule has 8 amide bonds. The first kappa shape index (κ1) is 81.4. The molecule has 0 aromatic heterocycles.